The molecule has 0 heterocycles. The Morgan fingerprint density at radius 3 is 2.46 bits per heavy atom. The highest BCUT2D eigenvalue weighted by Crippen LogP contribution is 1.89. The first-order valence-electron chi connectivity index (χ1n) is 4.46. The molecule has 13 heavy (non-hydrogen) atoms. The minimum Gasteiger partial charge on any atom is -0.383 e. The van der Waals surface area contributed by atoms with E-state index in [2.05, 4.69) is 0 Å². The molecule has 0 unspecified atom stereocenters. The summed E-state index contributed by atoms with van der Waals surface area (Å²) in [5.74, 6) is 0.112. The topological polar surface area (TPSA) is 38.8 Å². The lowest BCUT2D eigenvalue weighted by atomic mass is 10.3. The number of Topliss-reactive ketones (excluding diaryl/α,β-unsaturated/α-hetero) is 1. The van der Waals surface area contributed by atoms with Gasteiger partial charge >= 0.3 is 0 Å². The van der Waals surface area contributed by atoms with Crippen molar-refractivity contribution >= 4 is 5.78 Å². The van der Waals surface area contributed by atoms with Crippen molar-refractivity contribution in [2.24, 2.45) is 0 Å². The van der Waals surface area contributed by atoms with E-state index in [1.807, 2.05) is 11.8 Å². The van der Waals surface area contributed by atoms with Crippen LogP contribution >= 0.6 is 0 Å². The van der Waals surface area contributed by atoms with Crippen LogP contribution in [-0.4, -0.2) is 57.8 Å². The zero-order valence-corrected chi connectivity index (χ0v) is 8.71. The van der Waals surface area contributed by atoms with E-state index in [-0.39, 0.29) is 12.4 Å². The Bertz CT molecular complexity index is 139. The minimum atomic E-state index is 0.112. The number of ketones is 1. The van der Waals surface area contributed by atoms with Gasteiger partial charge in [0.2, 0.25) is 0 Å². The number of rotatable bonds is 8. The molecular formula is C9H19NO3. The zero-order chi connectivity index (χ0) is 10.1. The van der Waals surface area contributed by atoms with Gasteiger partial charge in [0.25, 0.3) is 0 Å². The van der Waals surface area contributed by atoms with Crippen LogP contribution in [0.3, 0.4) is 0 Å². The molecule has 0 spiro atoms. The molecule has 0 bridgehead atoms. The van der Waals surface area contributed by atoms with Gasteiger partial charge in [0.1, 0.15) is 6.61 Å². The van der Waals surface area contributed by atoms with E-state index in [1.165, 1.54) is 7.11 Å². The van der Waals surface area contributed by atoms with Crippen molar-refractivity contribution in [3.63, 3.8) is 0 Å². The second kappa shape index (κ2) is 8.16. The summed E-state index contributed by atoms with van der Waals surface area (Å²) in [4.78, 5) is 13.2. The summed E-state index contributed by atoms with van der Waals surface area (Å²) in [7, 11) is 3.19. The van der Waals surface area contributed by atoms with Crippen molar-refractivity contribution in [2.45, 2.75) is 6.92 Å². The van der Waals surface area contributed by atoms with E-state index in [0.717, 1.165) is 13.1 Å². The van der Waals surface area contributed by atoms with Gasteiger partial charge in [-0.1, -0.05) is 6.92 Å². The molecule has 0 radical (unpaired) electrons. The lowest BCUT2D eigenvalue weighted by Crippen LogP contribution is -2.33. The molecule has 4 heteroatoms. The van der Waals surface area contributed by atoms with Crippen LogP contribution in [0.1, 0.15) is 6.92 Å². The number of carbonyl (C=O) groups excluding carboxylic acids is 1. The molecule has 0 saturated heterocycles. The highest BCUT2D eigenvalue weighted by atomic mass is 16.5. The van der Waals surface area contributed by atoms with Gasteiger partial charge in [-0.05, 0) is 6.54 Å². The fraction of sp³-hybridized carbons (Fsp3) is 0.889. The average molecular weight is 189 g/mol. The Balaban J connectivity index is 3.62. The van der Waals surface area contributed by atoms with Crippen molar-refractivity contribution in [1.82, 2.24) is 4.90 Å². The molecule has 78 valence electrons. The predicted molar refractivity (Wildman–Crippen MR) is 50.9 cm³/mol. The van der Waals surface area contributed by atoms with E-state index < -0.39 is 0 Å². The number of ether oxygens (including phenoxy) is 2. The molecule has 0 saturated carbocycles. The van der Waals surface area contributed by atoms with Gasteiger partial charge in [-0.2, -0.15) is 0 Å². The summed E-state index contributed by atoms with van der Waals surface area (Å²) in [5.41, 5.74) is 0. The highest BCUT2D eigenvalue weighted by molar-refractivity contribution is 5.81. The molecule has 0 aromatic heterocycles. The lowest BCUT2D eigenvalue weighted by molar-refractivity contribution is -0.123. The van der Waals surface area contributed by atoms with E-state index in [1.54, 1.807) is 7.11 Å². The summed E-state index contributed by atoms with van der Waals surface area (Å²) in [6, 6.07) is 0. The molecule has 4 nitrogen and oxygen atoms in total. The largest absolute Gasteiger partial charge is 0.383 e. The Morgan fingerprint density at radius 1 is 1.31 bits per heavy atom. The van der Waals surface area contributed by atoms with Gasteiger partial charge < -0.3 is 9.47 Å². The van der Waals surface area contributed by atoms with Crippen LogP contribution in [0.4, 0.5) is 0 Å². The van der Waals surface area contributed by atoms with Gasteiger partial charge in [-0.15, -0.1) is 0 Å². The Kier molecular flexibility index (Phi) is 7.88. The highest BCUT2D eigenvalue weighted by Gasteiger charge is 2.07. The van der Waals surface area contributed by atoms with Crippen LogP contribution in [0.25, 0.3) is 0 Å². The molecule has 0 rings (SSSR count). The molecular weight excluding hydrogens is 170 g/mol. The van der Waals surface area contributed by atoms with Crippen molar-refractivity contribution in [1.29, 1.82) is 0 Å². The number of hydrogen-bond donors (Lipinski definition) is 0. The first-order valence-corrected chi connectivity index (χ1v) is 4.46. The van der Waals surface area contributed by atoms with Gasteiger partial charge in [0, 0.05) is 20.8 Å². The van der Waals surface area contributed by atoms with Crippen molar-refractivity contribution in [3.8, 4) is 0 Å². The first kappa shape index (κ1) is 12.6. The summed E-state index contributed by atoms with van der Waals surface area (Å²) in [6.45, 7) is 4.99. The summed E-state index contributed by atoms with van der Waals surface area (Å²) in [6.07, 6.45) is 0. The zero-order valence-electron chi connectivity index (χ0n) is 8.71. The first-order chi connectivity index (χ1) is 6.24. The standard InChI is InChI=1S/C9H19NO3/c1-4-10(5-6-12-2)7-9(11)8-13-3/h4-8H2,1-3H3. The van der Waals surface area contributed by atoms with Gasteiger partial charge in [-0.25, -0.2) is 0 Å². The summed E-state index contributed by atoms with van der Waals surface area (Å²) < 4.78 is 9.68. The predicted octanol–water partition coefficient (Wildman–Crippen LogP) is 0.170. The van der Waals surface area contributed by atoms with Crippen LogP contribution < -0.4 is 0 Å². The molecule has 0 aliphatic carbocycles. The minimum absolute atomic E-state index is 0.112. The normalized spacial score (nSPS) is 10.8. The fourth-order valence-electron chi connectivity index (χ4n) is 1.03. The molecule has 0 aliphatic rings. The van der Waals surface area contributed by atoms with Crippen molar-refractivity contribution in [3.05, 3.63) is 0 Å². The third-order valence-electron chi connectivity index (χ3n) is 1.76. The number of nitrogens with zero attached hydrogens (tertiary/aromatic N) is 1. The Hall–Kier alpha value is -0.450. The van der Waals surface area contributed by atoms with Gasteiger partial charge in [0.15, 0.2) is 5.78 Å². The van der Waals surface area contributed by atoms with Crippen molar-refractivity contribution < 1.29 is 14.3 Å². The van der Waals surface area contributed by atoms with E-state index in [9.17, 15) is 4.79 Å². The number of methoxy groups -OCH3 is 2. The van der Waals surface area contributed by atoms with Crippen LogP contribution in [0, 0.1) is 0 Å². The number of carbonyl (C=O) groups is 1. The van der Waals surface area contributed by atoms with E-state index in [4.69, 9.17) is 9.47 Å². The van der Waals surface area contributed by atoms with E-state index in [0.29, 0.717) is 13.2 Å². The molecule has 0 aromatic carbocycles. The third-order valence-corrected chi connectivity index (χ3v) is 1.76. The monoisotopic (exact) mass is 189 g/mol. The number of hydrogen-bond acceptors (Lipinski definition) is 4. The van der Waals surface area contributed by atoms with Gasteiger partial charge in [-0.3, -0.25) is 9.69 Å². The average Bonchev–Trinajstić information content (AvgIpc) is 2.12. The smallest absolute Gasteiger partial charge is 0.172 e. The maximum atomic E-state index is 11.2. The maximum Gasteiger partial charge on any atom is 0.172 e. The quantitative estimate of drug-likeness (QED) is 0.545. The third kappa shape index (κ3) is 6.69. The summed E-state index contributed by atoms with van der Waals surface area (Å²) in [5, 5.41) is 0. The second-order valence-corrected chi connectivity index (χ2v) is 2.83. The molecule has 0 N–H and O–H groups in total. The molecule has 0 amide bonds. The lowest BCUT2D eigenvalue weighted by Gasteiger charge is -2.18. The van der Waals surface area contributed by atoms with Gasteiger partial charge in [0.05, 0.1) is 13.2 Å². The molecule has 0 fully saturated rings. The number of likely N-dealkylation sites (N-methyl/N-ethyl adjacent to an activating group) is 1. The summed E-state index contributed by atoms with van der Waals surface area (Å²) >= 11 is 0. The Morgan fingerprint density at radius 2 is 2.00 bits per heavy atom. The van der Waals surface area contributed by atoms with Crippen LogP contribution in [0.15, 0.2) is 0 Å². The Labute approximate surface area is 79.8 Å². The molecule has 0 atom stereocenters. The van der Waals surface area contributed by atoms with Crippen LogP contribution in [0.5, 0.6) is 0 Å². The van der Waals surface area contributed by atoms with Crippen molar-refractivity contribution in [2.75, 3.05) is 47.1 Å². The molecule has 0 aliphatic heterocycles. The van der Waals surface area contributed by atoms with Crippen LogP contribution in [0.2, 0.25) is 0 Å². The van der Waals surface area contributed by atoms with Crippen LogP contribution in [-0.2, 0) is 14.3 Å². The second-order valence-electron chi connectivity index (χ2n) is 2.83. The maximum absolute atomic E-state index is 11.2. The SMILES string of the molecule is CCN(CCOC)CC(=O)COC. The van der Waals surface area contributed by atoms with E-state index >= 15 is 0 Å². The fourth-order valence-corrected chi connectivity index (χ4v) is 1.03. The molecule has 0 aromatic rings.